The maximum absolute atomic E-state index is 11.9. The lowest BCUT2D eigenvalue weighted by atomic mass is 9.96. The van der Waals surface area contributed by atoms with Crippen molar-refractivity contribution in [3.05, 3.63) is 35.4 Å². The maximum atomic E-state index is 11.9. The zero-order valence-corrected chi connectivity index (χ0v) is 12.4. The SMILES string of the molecule is Cc1cccc(CCC(=O)NCC2CCCC2CN)c1. The molecule has 0 saturated heterocycles. The van der Waals surface area contributed by atoms with Gasteiger partial charge in [-0.3, -0.25) is 4.79 Å². The molecule has 2 atom stereocenters. The fourth-order valence-corrected chi connectivity index (χ4v) is 3.15. The number of carbonyl (C=O) groups excluding carboxylic acids is 1. The van der Waals surface area contributed by atoms with E-state index < -0.39 is 0 Å². The van der Waals surface area contributed by atoms with Crippen LogP contribution in [-0.2, 0) is 11.2 Å². The van der Waals surface area contributed by atoms with E-state index in [1.54, 1.807) is 0 Å². The predicted octanol–water partition coefficient (Wildman–Crippen LogP) is 2.42. The molecule has 1 aromatic rings. The third kappa shape index (κ3) is 4.34. The first kappa shape index (κ1) is 15.0. The molecular formula is C17H26N2O. The van der Waals surface area contributed by atoms with Gasteiger partial charge in [-0.15, -0.1) is 0 Å². The Balaban J connectivity index is 1.70. The molecule has 1 amide bonds. The van der Waals surface area contributed by atoms with Crippen molar-refractivity contribution in [2.45, 2.75) is 39.0 Å². The lowest BCUT2D eigenvalue weighted by molar-refractivity contribution is -0.121. The molecule has 3 nitrogen and oxygen atoms in total. The maximum Gasteiger partial charge on any atom is 0.220 e. The molecule has 2 unspecified atom stereocenters. The highest BCUT2D eigenvalue weighted by atomic mass is 16.1. The van der Waals surface area contributed by atoms with Gasteiger partial charge in [0.2, 0.25) is 5.91 Å². The first-order valence-corrected chi connectivity index (χ1v) is 7.71. The summed E-state index contributed by atoms with van der Waals surface area (Å²) in [6.45, 7) is 3.63. The van der Waals surface area contributed by atoms with Crippen molar-refractivity contribution in [2.24, 2.45) is 17.6 Å². The van der Waals surface area contributed by atoms with E-state index in [4.69, 9.17) is 5.73 Å². The molecule has 3 N–H and O–H groups in total. The molecule has 0 radical (unpaired) electrons. The number of nitrogens with two attached hydrogens (primary N) is 1. The summed E-state index contributed by atoms with van der Waals surface area (Å²) in [5, 5.41) is 3.08. The van der Waals surface area contributed by atoms with Gasteiger partial charge in [0.15, 0.2) is 0 Å². The summed E-state index contributed by atoms with van der Waals surface area (Å²) in [7, 11) is 0. The highest BCUT2D eigenvalue weighted by Crippen LogP contribution is 2.30. The molecule has 0 spiro atoms. The number of nitrogens with one attached hydrogen (secondary N) is 1. The van der Waals surface area contributed by atoms with Gasteiger partial charge in [-0.25, -0.2) is 0 Å². The summed E-state index contributed by atoms with van der Waals surface area (Å²) in [5.74, 6) is 1.35. The predicted molar refractivity (Wildman–Crippen MR) is 82.4 cm³/mol. The Kier molecular flexibility index (Phi) is 5.60. The average Bonchev–Trinajstić information content (AvgIpc) is 2.90. The Hall–Kier alpha value is -1.35. The number of rotatable bonds is 6. The Bertz CT molecular complexity index is 444. The largest absolute Gasteiger partial charge is 0.356 e. The number of aryl methyl sites for hydroxylation is 2. The van der Waals surface area contributed by atoms with Crippen LogP contribution in [0.3, 0.4) is 0 Å². The zero-order chi connectivity index (χ0) is 14.4. The van der Waals surface area contributed by atoms with Crippen molar-refractivity contribution in [1.29, 1.82) is 0 Å². The van der Waals surface area contributed by atoms with Gasteiger partial charge in [0.1, 0.15) is 0 Å². The summed E-state index contributed by atoms with van der Waals surface area (Å²) >= 11 is 0. The molecule has 0 aliphatic heterocycles. The van der Waals surface area contributed by atoms with Gasteiger partial charge in [0.25, 0.3) is 0 Å². The molecule has 2 rings (SSSR count). The quantitative estimate of drug-likeness (QED) is 0.837. The molecule has 1 aliphatic carbocycles. The first-order valence-electron chi connectivity index (χ1n) is 7.71. The Labute approximate surface area is 121 Å². The normalized spacial score (nSPS) is 21.9. The number of amides is 1. The van der Waals surface area contributed by atoms with Crippen molar-refractivity contribution in [3.8, 4) is 0 Å². The highest BCUT2D eigenvalue weighted by Gasteiger charge is 2.25. The molecule has 1 aromatic carbocycles. The minimum absolute atomic E-state index is 0.161. The van der Waals surface area contributed by atoms with E-state index in [1.165, 1.54) is 30.4 Å². The minimum Gasteiger partial charge on any atom is -0.356 e. The van der Waals surface area contributed by atoms with Crippen molar-refractivity contribution >= 4 is 5.91 Å². The Morgan fingerprint density at radius 1 is 1.35 bits per heavy atom. The van der Waals surface area contributed by atoms with E-state index in [1.807, 2.05) is 6.07 Å². The summed E-state index contributed by atoms with van der Waals surface area (Å²) in [6, 6.07) is 8.36. The average molecular weight is 274 g/mol. The summed E-state index contributed by atoms with van der Waals surface area (Å²) in [5.41, 5.74) is 8.25. The van der Waals surface area contributed by atoms with Gasteiger partial charge in [-0.2, -0.15) is 0 Å². The summed E-state index contributed by atoms with van der Waals surface area (Å²) < 4.78 is 0. The number of hydrogen-bond donors (Lipinski definition) is 2. The van der Waals surface area contributed by atoms with E-state index in [0.29, 0.717) is 18.3 Å². The lowest BCUT2D eigenvalue weighted by Crippen LogP contribution is -2.32. The van der Waals surface area contributed by atoms with Crippen LogP contribution in [0.1, 0.15) is 36.8 Å². The van der Waals surface area contributed by atoms with Crippen LogP contribution < -0.4 is 11.1 Å². The first-order chi connectivity index (χ1) is 9.69. The van der Waals surface area contributed by atoms with Crippen molar-refractivity contribution in [2.75, 3.05) is 13.1 Å². The number of hydrogen-bond acceptors (Lipinski definition) is 2. The van der Waals surface area contributed by atoms with Gasteiger partial charge in [-0.05, 0) is 50.1 Å². The lowest BCUT2D eigenvalue weighted by Gasteiger charge is -2.18. The van der Waals surface area contributed by atoms with Crippen LogP contribution in [0.4, 0.5) is 0 Å². The van der Waals surface area contributed by atoms with Gasteiger partial charge >= 0.3 is 0 Å². The van der Waals surface area contributed by atoms with E-state index in [9.17, 15) is 4.79 Å². The number of carbonyl (C=O) groups is 1. The second-order valence-corrected chi connectivity index (χ2v) is 5.98. The van der Waals surface area contributed by atoms with Crippen molar-refractivity contribution in [1.82, 2.24) is 5.32 Å². The molecule has 20 heavy (non-hydrogen) atoms. The third-order valence-corrected chi connectivity index (χ3v) is 4.40. The third-order valence-electron chi connectivity index (χ3n) is 4.40. The summed E-state index contributed by atoms with van der Waals surface area (Å²) in [6.07, 6.45) is 5.08. The van der Waals surface area contributed by atoms with Crippen LogP contribution in [-0.4, -0.2) is 19.0 Å². The second kappa shape index (κ2) is 7.44. The molecule has 1 saturated carbocycles. The molecule has 0 bridgehead atoms. The molecule has 1 fully saturated rings. The smallest absolute Gasteiger partial charge is 0.220 e. The van der Waals surface area contributed by atoms with Crippen LogP contribution in [0.15, 0.2) is 24.3 Å². The van der Waals surface area contributed by atoms with Gasteiger partial charge in [0.05, 0.1) is 0 Å². The highest BCUT2D eigenvalue weighted by molar-refractivity contribution is 5.76. The van der Waals surface area contributed by atoms with Crippen molar-refractivity contribution < 1.29 is 4.79 Å². The zero-order valence-electron chi connectivity index (χ0n) is 12.4. The molecular weight excluding hydrogens is 248 g/mol. The fourth-order valence-electron chi connectivity index (χ4n) is 3.15. The van der Waals surface area contributed by atoms with Crippen LogP contribution in [0, 0.1) is 18.8 Å². The van der Waals surface area contributed by atoms with Gasteiger partial charge in [-0.1, -0.05) is 36.2 Å². The van der Waals surface area contributed by atoms with Gasteiger partial charge in [0, 0.05) is 13.0 Å². The van der Waals surface area contributed by atoms with Gasteiger partial charge < -0.3 is 11.1 Å². The van der Waals surface area contributed by atoms with Crippen LogP contribution in [0.2, 0.25) is 0 Å². The number of benzene rings is 1. The van der Waals surface area contributed by atoms with E-state index in [0.717, 1.165) is 19.5 Å². The molecule has 3 heteroatoms. The van der Waals surface area contributed by atoms with Crippen LogP contribution in [0.5, 0.6) is 0 Å². The standard InChI is InChI=1S/C17H26N2O/c1-13-4-2-5-14(10-13)8-9-17(20)19-12-16-7-3-6-15(16)11-18/h2,4-5,10,15-16H,3,6-9,11-12,18H2,1H3,(H,19,20). The second-order valence-electron chi connectivity index (χ2n) is 5.98. The van der Waals surface area contributed by atoms with E-state index in [-0.39, 0.29) is 5.91 Å². The fraction of sp³-hybridized carbons (Fsp3) is 0.588. The van der Waals surface area contributed by atoms with Crippen LogP contribution >= 0.6 is 0 Å². The molecule has 0 aromatic heterocycles. The summed E-state index contributed by atoms with van der Waals surface area (Å²) in [4.78, 5) is 11.9. The Morgan fingerprint density at radius 2 is 2.15 bits per heavy atom. The van der Waals surface area contributed by atoms with Crippen molar-refractivity contribution in [3.63, 3.8) is 0 Å². The molecule has 0 heterocycles. The van der Waals surface area contributed by atoms with E-state index in [2.05, 4.69) is 30.4 Å². The van der Waals surface area contributed by atoms with E-state index >= 15 is 0 Å². The Morgan fingerprint density at radius 3 is 2.90 bits per heavy atom. The molecule has 110 valence electrons. The molecule has 1 aliphatic rings. The topological polar surface area (TPSA) is 55.1 Å². The van der Waals surface area contributed by atoms with Crippen LogP contribution in [0.25, 0.3) is 0 Å². The monoisotopic (exact) mass is 274 g/mol. The minimum atomic E-state index is 0.161.